The number of rotatable bonds is 2. The fourth-order valence-corrected chi connectivity index (χ4v) is 2.99. The molecule has 0 amide bonds. The Balaban J connectivity index is 2.14. The second-order valence-corrected chi connectivity index (χ2v) is 6.01. The van der Waals surface area contributed by atoms with Crippen LogP contribution in [0.25, 0.3) is 11.0 Å². The zero-order valence-corrected chi connectivity index (χ0v) is 13.9. The molecular formula is C16H18ClN5. The van der Waals surface area contributed by atoms with Crippen LogP contribution in [0.15, 0.2) is 12.4 Å². The second-order valence-electron chi connectivity index (χ2n) is 5.65. The van der Waals surface area contributed by atoms with E-state index in [0.29, 0.717) is 11.7 Å². The van der Waals surface area contributed by atoms with Crippen LogP contribution in [0.5, 0.6) is 0 Å². The molecule has 3 heterocycles. The summed E-state index contributed by atoms with van der Waals surface area (Å²) in [5.41, 5.74) is 12.2. The number of hydrogen-bond acceptors (Lipinski definition) is 4. The Morgan fingerprint density at radius 3 is 2.55 bits per heavy atom. The van der Waals surface area contributed by atoms with Gasteiger partial charge in [-0.25, -0.2) is 4.98 Å². The summed E-state index contributed by atoms with van der Waals surface area (Å²) in [4.78, 5) is 12.9. The van der Waals surface area contributed by atoms with Crippen molar-refractivity contribution in [2.75, 3.05) is 5.73 Å². The Hall–Kier alpha value is -2.14. The number of hydrogen-bond donors (Lipinski definition) is 1. The minimum atomic E-state index is 0.182. The zero-order valence-electron chi connectivity index (χ0n) is 13.1. The van der Waals surface area contributed by atoms with Crippen LogP contribution in [-0.4, -0.2) is 19.5 Å². The highest BCUT2D eigenvalue weighted by Gasteiger charge is 2.14. The molecule has 0 aromatic carbocycles. The predicted molar refractivity (Wildman–Crippen MR) is 89.2 cm³/mol. The molecule has 0 saturated carbocycles. The zero-order chi connectivity index (χ0) is 16.0. The molecule has 0 aliphatic carbocycles. The lowest BCUT2D eigenvalue weighted by atomic mass is 10.0. The van der Waals surface area contributed by atoms with Gasteiger partial charge in [0.1, 0.15) is 10.8 Å². The SMILES string of the molecule is Cc1cnc(Cn2cc(C)c3c(Cl)nc(N)nc32)c(C)c1C. The molecule has 0 radical (unpaired) electrons. The van der Waals surface area contributed by atoms with Crippen LogP contribution in [-0.2, 0) is 6.54 Å². The van der Waals surface area contributed by atoms with Crippen molar-refractivity contribution in [3.05, 3.63) is 45.5 Å². The highest BCUT2D eigenvalue weighted by molar-refractivity contribution is 6.34. The van der Waals surface area contributed by atoms with Gasteiger partial charge in [-0.05, 0) is 49.9 Å². The van der Waals surface area contributed by atoms with E-state index >= 15 is 0 Å². The first-order valence-electron chi connectivity index (χ1n) is 7.08. The Bertz CT molecular complexity index is 882. The summed E-state index contributed by atoms with van der Waals surface area (Å²) in [6, 6.07) is 0. The van der Waals surface area contributed by atoms with Crippen molar-refractivity contribution in [1.82, 2.24) is 19.5 Å². The van der Waals surface area contributed by atoms with Crippen LogP contribution < -0.4 is 5.73 Å². The third-order valence-corrected chi connectivity index (χ3v) is 4.47. The van der Waals surface area contributed by atoms with Crippen LogP contribution in [0.3, 0.4) is 0 Å². The number of nitrogens with two attached hydrogens (primary N) is 1. The standard InChI is InChI=1S/C16H18ClN5/c1-8-5-19-12(11(4)10(8)3)7-22-6-9(2)13-14(17)20-16(18)21-15(13)22/h5-6H,7H2,1-4H3,(H2,18,20,21). The highest BCUT2D eigenvalue weighted by atomic mass is 35.5. The number of pyridine rings is 1. The maximum absolute atomic E-state index is 6.20. The van der Waals surface area contributed by atoms with Crippen molar-refractivity contribution in [3.8, 4) is 0 Å². The van der Waals surface area contributed by atoms with Gasteiger partial charge in [-0.3, -0.25) is 4.98 Å². The van der Waals surface area contributed by atoms with Crippen molar-refractivity contribution in [3.63, 3.8) is 0 Å². The van der Waals surface area contributed by atoms with Crippen molar-refractivity contribution >= 4 is 28.6 Å². The Kier molecular flexibility index (Phi) is 3.53. The van der Waals surface area contributed by atoms with E-state index in [1.807, 2.05) is 23.9 Å². The predicted octanol–water partition coefficient (Wildman–Crippen LogP) is 3.34. The summed E-state index contributed by atoms with van der Waals surface area (Å²) < 4.78 is 2.03. The second kappa shape index (κ2) is 5.25. The smallest absolute Gasteiger partial charge is 0.223 e. The van der Waals surface area contributed by atoms with Gasteiger partial charge in [0.25, 0.3) is 0 Å². The Morgan fingerprint density at radius 2 is 1.82 bits per heavy atom. The number of aromatic nitrogens is 4. The number of fused-ring (bicyclic) bond motifs is 1. The summed E-state index contributed by atoms with van der Waals surface area (Å²) in [6.07, 6.45) is 3.92. The van der Waals surface area contributed by atoms with Gasteiger partial charge < -0.3 is 10.3 Å². The van der Waals surface area contributed by atoms with Gasteiger partial charge in [0.2, 0.25) is 5.95 Å². The molecule has 3 rings (SSSR count). The molecule has 3 aromatic heterocycles. The van der Waals surface area contributed by atoms with Crippen LogP contribution in [0, 0.1) is 27.7 Å². The molecule has 0 spiro atoms. The van der Waals surface area contributed by atoms with Crippen molar-refractivity contribution in [1.29, 1.82) is 0 Å². The molecule has 0 fully saturated rings. The lowest BCUT2D eigenvalue weighted by molar-refractivity contribution is 0.784. The molecular weight excluding hydrogens is 298 g/mol. The Labute approximate surface area is 134 Å². The van der Waals surface area contributed by atoms with Gasteiger partial charge in [-0.15, -0.1) is 0 Å². The van der Waals surface area contributed by atoms with E-state index in [4.69, 9.17) is 17.3 Å². The largest absolute Gasteiger partial charge is 0.368 e. The normalized spacial score (nSPS) is 11.3. The fraction of sp³-hybridized carbons (Fsp3) is 0.312. The van der Waals surface area contributed by atoms with Gasteiger partial charge in [0.15, 0.2) is 0 Å². The van der Waals surface area contributed by atoms with Crippen molar-refractivity contribution in [2.24, 2.45) is 0 Å². The lowest BCUT2D eigenvalue weighted by Gasteiger charge is -2.11. The van der Waals surface area contributed by atoms with E-state index in [0.717, 1.165) is 22.3 Å². The molecule has 22 heavy (non-hydrogen) atoms. The molecule has 2 N–H and O–H groups in total. The number of nitrogen functional groups attached to an aromatic ring is 1. The minimum absolute atomic E-state index is 0.182. The quantitative estimate of drug-likeness (QED) is 0.736. The van der Waals surface area contributed by atoms with Crippen LogP contribution >= 0.6 is 11.6 Å². The van der Waals surface area contributed by atoms with Gasteiger partial charge >= 0.3 is 0 Å². The molecule has 5 nitrogen and oxygen atoms in total. The molecule has 0 aliphatic rings. The first kappa shape index (κ1) is 14.8. The topological polar surface area (TPSA) is 69.6 Å². The fourth-order valence-electron chi connectivity index (χ4n) is 2.67. The molecule has 0 aliphatic heterocycles. The highest BCUT2D eigenvalue weighted by Crippen LogP contribution is 2.27. The molecule has 6 heteroatoms. The summed E-state index contributed by atoms with van der Waals surface area (Å²) in [5.74, 6) is 0.182. The van der Waals surface area contributed by atoms with E-state index in [-0.39, 0.29) is 5.95 Å². The third-order valence-electron chi connectivity index (χ3n) is 4.20. The van der Waals surface area contributed by atoms with E-state index in [1.165, 1.54) is 16.7 Å². The van der Waals surface area contributed by atoms with Gasteiger partial charge in [-0.1, -0.05) is 11.6 Å². The van der Waals surface area contributed by atoms with E-state index < -0.39 is 0 Å². The molecule has 0 atom stereocenters. The summed E-state index contributed by atoms with van der Waals surface area (Å²) in [5, 5.41) is 1.24. The van der Waals surface area contributed by atoms with Gasteiger partial charge in [-0.2, -0.15) is 4.98 Å². The minimum Gasteiger partial charge on any atom is -0.368 e. The maximum atomic E-state index is 6.20. The number of halogens is 1. The molecule has 0 bridgehead atoms. The van der Waals surface area contributed by atoms with Gasteiger partial charge in [0, 0.05) is 12.4 Å². The number of anilines is 1. The number of aryl methyl sites for hydroxylation is 2. The van der Waals surface area contributed by atoms with Crippen LogP contribution in [0.2, 0.25) is 5.15 Å². The third kappa shape index (κ3) is 2.31. The van der Waals surface area contributed by atoms with E-state index in [1.54, 1.807) is 0 Å². The van der Waals surface area contributed by atoms with E-state index in [2.05, 4.69) is 35.7 Å². The first-order chi connectivity index (χ1) is 10.4. The first-order valence-corrected chi connectivity index (χ1v) is 7.46. The Morgan fingerprint density at radius 1 is 1.09 bits per heavy atom. The maximum Gasteiger partial charge on any atom is 0.223 e. The van der Waals surface area contributed by atoms with Gasteiger partial charge in [0.05, 0.1) is 17.6 Å². The van der Waals surface area contributed by atoms with E-state index in [9.17, 15) is 0 Å². The van der Waals surface area contributed by atoms with Crippen LogP contribution in [0.4, 0.5) is 5.95 Å². The summed E-state index contributed by atoms with van der Waals surface area (Å²) in [6.45, 7) is 8.91. The molecule has 3 aromatic rings. The van der Waals surface area contributed by atoms with Crippen molar-refractivity contribution < 1.29 is 0 Å². The number of nitrogens with zero attached hydrogens (tertiary/aromatic N) is 4. The monoisotopic (exact) mass is 315 g/mol. The molecule has 114 valence electrons. The lowest BCUT2D eigenvalue weighted by Crippen LogP contribution is -2.06. The summed E-state index contributed by atoms with van der Waals surface area (Å²) >= 11 is 6.20. The summed E-state index contributed by atoms with van der Waals surface area (Å²) in [7, 11) is 0. The molecule has 0 unspecified atom stereocenters. The average molecular weight is 316 g/mol. The van der Waals surface area contributed by atoms with Crippen molar-refractivity contribution in [2.45, 2.75) is 34.2 Å². The van der Waals surface area contributed by atoms with Crippen LogP contribution in [0.1, 0.15) is 27.9 Å². The molecule has 0 saturated heterocycles. The average Bonchev–Trinajstić information content (AvgIpc) is 2.76.